The van der Waals surface area contributed by atoms with Gasteiger partial charge < -0.3 is 5.11 Å². The van der Waals surface area contributed by atoms with E-state index in [0.717, 1.165) is 24.0 Å². The van der Waals surface area contributed by atoms with E-state index in [0.29, 0.717) is 0 Å². The van der Waals surface area contributed by atoms with Crippen molar-refractivity contribution in [2.45, 2.75) is 27.9 Å². The van der Waals surface area contributed by atoms with Crippen LogP contribution in [0.15, 0.2) is 34.1 Å². The number of hydrogen-bond acceptors (Lipinski definition) is 4. The molecule has 1 N–H and O–H groups in total. The Balaban J connectivity index is 2.12. The second-order valence-electron chi connectivity index (χ2n) is 4.46. The SMILES string of the molecule is CS(=O)(=O)c1ccc(SC(C(=O)O)C2CC2)cc1. The zero-order valence-electron chi connectivity index (χ0n) is 9.87. The van der Waals surface area contributed by atoms with Crippen molar-refractivity contribution in [2.75, 3.05) is 6.26 Å². The Morgan fingerprint density at radius 2 is 1.89 bits per heavy atom. The minimum Gasteiger partial charge on any atom is -0.480 e. The molecule has 0 bridgehead atoms. The number of rotatable bonds is 5. The van der Waals surface area contributed by atoms with Crippen LogP contribution in [0.5, 0.6) is 0 Å². The lowest BCUT2D eigenvalue weighted by atomic mass is 10.3. The third-order valence-corrected chi connectivity index (χ3v) is 5.32. The number of carbonyl (C=O) groups is 1. The van der Waals surface area contributed by atoms with E-state index in [-0.39, 0.29) is 10.8 Å². The number of carboxylic acids is 1. The van der Waals surface area contributed by atoms with E-state index in [1.807, 2.05) is 0 Å². The molecular formula is C12H14O4S2. The zero-order chi connectivity index (χ0) is 13.3. The van der Waals surface area contributed by atoms with Crippen molar-refractivity contribution in [3.05, 3.63) is 24.3 Å². The van der Waals surface area contributed by atoms with Crippen LogP contribution in [0.4, 0.5) is 0 Å². The van der Waals surface area contributed by atoms with E-state index in [2.05, 4.69) is 0 Å². The van der Waals surface area contributed by atoms with E-state index in [4.69, 9.17) is 5.11 Å². The van der Waals surface area contributed by atoms with Crippen LogP contribution in [-0.4, -0.2) is 31.0 Å². The Labute approximate surface area is 110 Å². The molecule has 0 radical (unpaired) electrons. The predicted octanol–water partition coefficient (Wildman–Crippen LogP) is 2.05. The molecule has 1 saturated carbocycles. The molecule has 0 aromatic heterocycles. The first-order valence-corrected chi connectivity index (χ1v) is 8.34. The van der Waals surface area contributed by atoms with Gasteiger partial charge in [-0.25, -0.2) is 8.42 Å². The molecule has 1 atom stereocenters. The predicted molar refractivity (Wildman–Crippen MR) is 69.6 cm³/mol. The van der Waals surface area contributed by atoms with Crippen molar-refractivity contribution in [2.24, 2.45) is 5.92 Å². The summed E-state index contributed by atoms with van der Waals surface area (Å²) in [7, 11) is -3.19. The molecule has 0 saturated heterocycles. The average molecular weight is 286 g/mol. The fourth-order valence-corrected chi connectivity index (χ4v) is 3.44. The van der Waals surface area contributed by atoms with Crippen LogP contribution >= 0.6 is 11.8 Å². The molecular weight excluding hydrogens is 272 g/mol. The van der Waals surface area contributed by atoms with Gasteiger partial charge >= 0.3 is 5.97 Å². The number of thioether (sulfide) groups is 1. The lowest BCUT2D eigenvalue weighted by Crippen LogP contribution is -2.18. The summed E-state index contributed by atoms with van der Waals surface area (Å²) in [6.45, 7) is 0. The second-order valence-corrected chi connectivity index (χ2v) is 7.69. The van der Waals surface area contributed by atoms with Gasteiger partial charge in [0, 0.05) is 11.2 Å². The number of benzene rings is 1. The van der Waals surface area contributed by atoms with Crippen LogP contribution in [0.2, 0.25) is 0 Å². The Kier molecular flexibility index (Phi) is 3.68. The molecule has 0 heterocycles. The van der Waals surface area contributed by atoms with Gasteiger partial charge in [0.25, 0.3) is 0 Å². The first-order valence-electron chi connectivity index (χ1n) is 5.57. The first kappa shape index (κ1) is 13.4. The minimum absolute atomic E-state index is 0.252. The maximum Gasteiger partial charge on any atom is 0.317 e. The molecule has 1 aliphatic rings. The molecule has 4 nitrogen and oxygen atoms in total. The topological polar surface area (TPSA) is 71.4 Å². The summed E-state index contributed by atoms with van der Waals surface area (Å²) in [6.07, 6.45) is 3.08. The van der Waals surface area contributed by atoms with Crippen molar-refractivity contribution in [3.63, 3.8) is 0 Å². The molecule has 98 valence electrons. The van der Waals surface area contributed by atoms with Crippen LogP contribution in [0.25, 0.3) is 0 Å². The van der Waals surface area contributed by atoms with Gasteiger partial charge in [-0.15, -0.1) is 11.8 Å². The first-order chi connectivity index (χ1) is 8.38. The molecule has 0 aliphatic heterocycles. The van der Waals surface area contributed by atoms with Gasteiger partial charge in [0.1, 0.15) is 5.25 Å². The van der Waals surface area contributed by atoms with Crippen molar-refractivity contribution >= 4 is 27.6 Å². The zero-order valence-corrected chi connectivity index (χ0v) is 11.5. The van der Waals surface area contributed by atoms with E-state index >= 15 is 0 Å². The van der Waals surface area contributed by atoms with Crippen LogP contribution in [-0.2, 0) is 14.6 Å². The minimum atomic E-state index is -3.19. The molecule has 1 aromatic carbocycles. The Bertz CT molecular complexity index is 544. The highest BCUT2D eigenvalue weighted by Gasteiger charge is 2.36. The van der Waals surface area contributed by atoms with E-state index in [9.17, 15) is 13.2 Å². The highest BCUT2D eigenvalue weighted by molar-refractivity contribution is 8.00. The second kappa shape index (κ2) is 4.93. The van der Waals surface area contributed by atoms with Gasteiger partial charge in [0.2, 0.25) is 0 Å². The Morgan fingerprint density at radius 3 is 2.28 bits per heavy atom. The molecule has 0 spiro atoms. The lowest BCUT2D eigenvalue weighted by molar-refractivity contribution is -0.136. The van der Waals surface area contributed by atoms with Crippen LogP contribution in [0.1, 0.15) is 12.8 Å². The summed E-state index contributed by atoms with van der Waals surface area (Å²) in [5, 5.41) is 8.69. The Hall–Kier alpha value is -1.01. The molecule has 0 amide bonds. The molecule has 6 heteroatoms. The lowest BCUT2D eigenvalue weighted by Gasteiger charge is -2.10. The number of hydrogen-bond donors (Lipinski definition) is 1. The number of aliphatic carboxylic acids is 1. The van der Waals surface area contributed by atoms with Crippen molar-refractivity contribution in [3.8, 4) is 0 Å². The fourth-order valence-electron chi connectivity index (χ4n) is 1.66. The molecule has 1 aromatic rings. The summed E-state index contributed by atoms with van der Waals surface area (Å²) in [5.74, 6) is -0.545. The van der Waals surface area contributed by atoms with E-state index in [1.54, 1.807) is 12.1 Å². The third kappa shape index (κ3) is 3.26. The van der Waals surface area contributed by atoms with Gasteiger partial charge in [-0.3, -0.25) is 4.79 Å². The van der Waals surface area contributed by atoms with Crippen LogP contribution in [0, 0.1) is 5.92 Å². The summed E-state index contributed by atoms with van der Waals surface area (Å²) in [5.41, 5.74) is 0. The van der Waals surface area contributed by atoms with E-state index in [1.165, 1.54) is 23.9 Å². The summed E-state index contributed by atoms with van der Waals surface area (Å²) >= 11 is 1.29. The smallest absolute Gasteiger partial charge is 0.317 e. The van der Waals surface area contributed by atoms with Gasteiger partial charge in [-0.1, -0.05) is 0 Å². The van der Waals surface area contributed by atoms with Crippen LogP contribution in [0.3, 0.4) is 0 Å². The molecule has 18 heavy (non-hydrogen) atoms. The third-order valence-electron chi connectivity index (χ3n) is 2.81. The van der Waals surface area contributed by atoms with E-state index < -0.39 is 21.1 Å². The summed E-state index contributed by atoms with van der Waals surface area (Å²) in [4.78, 5) is 12.1. The van der Waals surface area contributed by atoms with Gasteiger partial charge in [-0.05, 0) is 43.0 Å². The van der Waals surface area contributed by atoms with Crippen LogP contribution < -0.4 is 0 Å². The van der Waals surface area contributed by atoms with Crippen molar-refractivity contribution < 1.29 is 18.3 Å². The highest BCUT2D eigenvalue weighted by Crippen LogP contribution is 2.41. The van der Waals surface area contributed by atoms with Crippen molar-refractivity contribution in [1.29, 1.82) is 0 Å². The monoisotopic (exact) mass is 286 g/mol. The highest BCUT2D eigenvalue weighted by atomic mass is 32.2. The summed E-state index contributed by atoms with van der Waals surface area (Å²) < 4.78 is 22.6. The van der Waals surface area contributed by atoms with Gasteiger partial charge in [0.15, 0.2) is 9.84 Å². The molecule has 1 unspecified atom stereocenters. The molecule has 2 rings (SSSR count). The van der Waals surface area contributed by atoms with Gasteiger partial charge in [0.05, 0.1) is 4.90 Å². The standard InChI is InChI=1S/C12H14O4S2/c1-18(15,16)10-6-4-9(5-7-10)17-11(12(13)14)8-2-3-8/h4-8,11H,2-3H2,1H3,(H,13,14). The Morgan fingerprint density at radius 1 is 1.33 bits per heavy atom. The maximum absolute atomic E-state index is 11.3. The number of sulfone groups is 1. The average Bonchev–Trinajstić information content (AvgIpc) is 3.08. The quantitative estimate of drug-likeness (QED) is 0.839. The normalized spacial score (nSPS) is 17.4. The van der Waals surface area contributed by atoms with Crippen molar-refractivity contribution in [1.82, 2.24) is 0 Å². The maximum atomic E-state index is 11.3. The van der Waals surface area contributed by atoms with Gasteiger partial charge in [-0.2, -0.15) is 0 Å². The number of carboxylic acid groups (broad SMARTS) is 1. The fraction of sp³-hybridized carbons (Fsp3) is 0.417. The molecule has 1 fully saturated rings. The summed E-state index contributed by atoms with van der Waals surface area (Å²) in [6, 6.07) is 6.37. The largest absolute Gasteiger partial charge is 0.480 e. The molecule has 1 aliphatic carbocycles.